The smallest absolute Gasteiger partial charge is 0.191 e. The maximum Gasteiger partial charge on any atom is 0.191 e. The van der Waals surface area contributed by atoms with Crippen LogP contribution in [0.4, 0.5) is 8.78 Å². The summed E-state index contributed by atoms with van der Waals surface area (Å²) < 4.78 is 28.8. The maximum atomic E-state index is 13.6. The number of hydrogen-bond donors (Lipinski definition) is 2. The van der Waals surface area contributed by atoms with Crippen molar-refractivity contribution < 1.29 is 8.78 Å². The van der Waals surface area contributed by atoms with Gasteiger partial charge < -0.3 is 15.0 Å². The van der Waals surface area contributed by atoms with Gasteiger partial charge in [0.1, 0.15) is 17.3 Å². The molecule has 0 spiro atoms. The van der Waals surface area contributed by atoms with Crippen molar-refractivity contribution >= 4 is 11.6 Å². The second-order valence-corrected chi connectivity index (χ2v) is 5.54. The van der Waals surface area contributed by atoms with E-state index in [1.54, 1.807) is 7.05 Å². The van der Waals surface area contributed by atoms with E-state index in [1.807, 2.05) is 35.0 Å². The molecule has 2 aromatic heterocycles. The standard InChI is InChI=1S/C18H19F2N5/c1-21-18(23-11-13-10-14(19)5-6-16(13)20)22-8-7-15-12-25-9-3-2-4-17(25)24-15/h2-6,9-10,12H,7-8,11H2,1H3,(H2,21,22,23). The quantitative estimate of drug-likeness (QED) is 0.553. The molecular formula is C18H19F2N5. The summed E-state index contributed by atoms with van der Waals surface area (Å²) in [4.78, 5) is 8.60. The summed E-state index contributed by atoms with van der Waals surface area (Å²) >= 11 is 0. The number of rotatable bonds is 5. The summed E-state index contributed by atoms with van der Waals surface area (Å²) in [5.41, 5.74) is 2.12. The van der Waals surface area contributed by atoms with Crippen molar-refractivity contribution in [1.82, 2.24) is 20.0 Å². The third-order valence-corrected chi connectivity index (χ3v) is 3.77. The molecule has 0 bridgehead atoms. The van der Waals surface area contributed by atoms with E-state index in [1.165, 1.54) is 6.07 Å². The van der Waals surface area contributed by atoms with Crippen molar-refractivity contribution in [3.8, 4) is 0 Å². The van der Waals surface area contributed by atoms with Gasteiger partial charge >= 0.3 is 0 Å². The van der Waals surface area contributed by atoms with Crippen LogP contribution < -0.4 is 10.6 Å². The second-order valence-electron chi connectivity index (χ2n) is 5.54. The van der Waals surface area contributed by atoms with Crippen molar-refractivity contribution in [2.45, 2.75) is 13.0 Å². The van der Waals surface area contributed by atoms with Crippen LogP contribution in [0, 0.1) is 11.6 Å². The van der Waals surface area contributed by atoms with Crippen LogP contribution in [-0.4, -0.2) is 28.9 Å². The molecule has 0 unspecified atom stereocenters. The normalized spacial score (nSPS) is 11.7. The molecule has 1 aromatic carbocycles. The summed E-state index contributed by atoms with van der Waals surface area (Å²) in [5, 5.41) is 6.11. The molecule has 130 valence electrons. The Morgan fingerprint density at radius 2 is 2.08 bits per heavy atom. The lowest BCUT2D eigenvalue weighted by Crippen LogP contribution is -2.38. The van der Waals surface area contributed by atoms with Crippen LogP contribution >= 0.6 is 0 Å². The summed E-state index contributed by atoms with van der Waals surface area (Å²) in [7, 11) is 1.63. The topological polar surface area (TPSA) is 53.7 Å². The molecule has 0 fully saturated rings. The molecule has 0 aliphatic rings. The highest BCUT2D eigenvalue weighted by Gasteiger charge is 2.06. The highest BCUT2D eigenvalue weighted by atomic mass is 19.1. The van der Waals surface area contributed by atoms with E-state index in [4.69, 9.17) is 0 Å². The second kappa shape index (κ2) is 7.74. The van der Waals surface area contributed by atoms with Crippen LogP contribution in [0.1, 0.15) is 11.3 Å². The third kappa shape index (κ3) is 4.32. The molecule has 2 N–H and O–H groups in total. The van der Waals surface area contributed by atoms with E-state index >= 15 is 0 Å². The van der Waals surface area contributed by atoms with Crippen molar-refractivity contribution in [1.29, 1.82) is 0 Å². The lowest BCUT2D eigenvalue weighted by atomic mass is 10.2. The number of aliphatic imine (C=N–C) groups is 1. The van der Waals surface area contributed by atoms with Gasteiger partial charge in [0.15, 0.2) is 5.96 Å². The number of nitrogens with zero attached hydrogens (tertiary/aromatic N) is 3. The van der Waals surface area contributed by atoms with Crippen LogP contribution in [0.3, 0.4) is 0 Å². The number of aromatic nitrogens is 2. The minimum atomic E-state index is -0.465. The first-order valence-electron chi connectivity index (χ1n) is 7.97. The van der Waals surface area contributed by atoms with E-state index in [0.717, 1.165) is 29.9 Å². The molecule has 0 radical (unpaired) electrons. The van der Waals surface area contributed by atoms with Crippen molar-refractivity contribution in [2.75, 3.05) is 13.6 Å². The Morgan fingerprint density at radius 3 is 2.88 bits per heavy atom. The Labute approximate surface area is 144 Å². The van der Waals surface area contributed by atoms with Gasteiger partial charge in [0.05, 0.1) is 5.69 Å². The molecule has 0 saturated carbocycles. The zero-order valence-electron chi connectivity index (χ0n) is 13.8. The molecule has 0 saturated heterocycles. The number of nitrogens with one attached hydrogen (secondary N) is 2. The van der Waals surface area contributed by atoms with Gasteiger partial charge in [0.2, 0.25) is 0 Å². The van der Waals surface area contributed by atoms with Crippen molar-refractivity contribution in [3.63, 3.8) is 0 Å². The molecule has 0 amide bonds. The van der Waals surface area contributed by atoms with Crippen LogP contribution in [-0.2, 0) is 13.0 Å². The molecular weight excluding hydrogens is 324 g/mol. The van der Waals surface area contributed by atoms with Gasteiger partial charge in [-0.1, -0.05) is 6.07 Å². The van der Waals surface area contributed by atoms with E-state index in [2.05, 4.69) is 20.6 Å². The Morgan fingerprint density at radius 1 is 1.20 bits per heavy atom. The Kier molecular flexibility index (Phi) is 5.23. The minimum Gasteiger partial charge on any atom is -0.356 e. The molecule has 3 rings (SSSR count). The molecule has 25 heavy (non-hydrogen) atoms. The summed E-state index contributed by atoms with van der Waals surface area (Å²) in [6.07, 6.45) is 4.65. The summed E-state index contributed by atoms with van der Waals surface area (Å²) in [6.45, 7) is 0.771. The lowest BCUT2D eigenvalue weighted by Gasteiger charge is -2.12. The molecule has 2 heterocycles. The monoisotopic (exact) mass is 343 g/mol. The first kappa shape index (κ1) is 16.9. The van der Waals surface area contributed by atoms with Crippen molar-refractivity contribution in [3.05, 3.63) is 71.7 Å². The van der Waals surface area contributed by atoms with Crippen molar-refractivity contribution in [2.24, 2.45) is 4.99 Å². The first-order chi connectivity index (χ1) is 12.2. The van der Waals surface area contributed by atoms with Crippen LogP contribution in [0.25, 0.3) is 5.65 Å². The van der Waals surface area contributed by atoms with Crippen LogP contribution in [0.5, 0.6) is 0 Å². The highest BCUT2D eigenvalue weighted by Crippen LogP contribution is 2.09. The summed E-state index contributed by atoms with van der Waals surface area (Å²) in [6, 6.07) is 9.24. The molecule has 7 heteroatoms. The Bertz CT molecular complexity index is 855. The maximum absolute atomic E-state index is 13.6. The number of halogens is 2. The highest BCUT2D eigenvalue weighted by molar-refractivity contribution is 5.79. The number of imidazole rings is 1. The predicted octanol–water partition coefficient (Wildman–Crippen LogP) is 2.52. The van der Waals surface area contributed by atoms with E-state index < -0.39 is 11.6 Å². The molecule has 5 nitrogen and oxygen atoms in total. The number of benzene rings is 1. The predicted molar refractivity (Wildman–Crippen MR) is 93.5 cm³/mol. The number of pyridine rings is 1. The van der Waals surface area contributed by atoms with Crippen LogP contribution in [0.2, 0.25) is 0 Å². The third-order valence-electron chi connectivity index (χ3n) is 3.77. The van der Waals surface area contributed by atoms with Crippen LogP contribution in [0.15, 0.2) is 53.8 Å². The SMILES string of the molecule is CN=C(NCCc1cn2ccccc2n1)NCc1cc(F)ccc1F. The molecule has 0 atom stereocenters. The van der Waals surface area contributed by atoms with Gasteiger partial charge in [-0.25, -0.2) is 13.8 Å². The zero-order valence-corrected chi connectivity index (χ0v) is 13.8. The molecule has 0 aliphatic heterocycles. The van der Waals surface area contributed by atoms with E-state index in [9.17, 15) is 8.78 Å². The molecule has 0 aliphatic carbocycles. The average Bonchev–Trinajstić information content (AvgIpc) is 3.03. The molecule has 3 aromatic rings. The largest absolute Gasteiger partial charge is 0.356 e. The Hall–Kier alpha value is -2.96. The fourth-order valence-corrected chi connectivity index (χ4v) is 2.49. The number of hydrogen-bond acceptors (Lipinski definition) is 2. The van der Waals surface area contributed by atoms with Gasteiger partial charge in [-0.15, -0.1) is 0 Å². The first-order valence-corrected chi connectivity index (χ1v) is 7.97. The van der Waals surface area contributed by atoms with Gasteiger partial charge in [-0.2, -0.15) is 0 Å². The zero-order chi connectivity index (χ0) is 17.6. The van der Waals surface area contributed by atoms with E-state index in [0.29, 0.717) is 12.5 Å². The van der Waals surface area contributed by atoms with E-state index in [-0.39, 0.29) is 12.1 Å². The number of fused-ring (bicyclic) bond motifs is 1. The number of guanidine groups is 1. The fourth-order valence-electron chi connectivity index (χ4n) is 2.49. The lowest BCUT2D eigenvalue weighted by molar-refractivity contribution is 0.581. The minimum absolute atomic E-state index is 0.150. The average molecular weight is 343 g/mol. The van der Waals surface area contributed by atoms with Gasteiger partial charge in [0, 0.05) is 44.5 Å². The van der Waals surface area contributed by atoms with Gasteiger partial charge in [0.25, 0.3) is 0 Å². The Balaban J connectivity index is 1.51. The fraction of sp³-hybridized carbons (Fsp3) is 0.222. The summed E-state index contributed by atoms with van der Waals surface area (Å²) in [5.74, 6) is -0.394. The van der Waals surface area contributed by atoms with Gasteiger partial charge in [-0.05, 0) is 30.3 Å². The van der Waals surface area contributed by atoms with Gasteiger partial charge in [-0.3, -0.25) is 4.99 Å².